The maximum atomic E-state index is 8.68. The summed E-state index contributed by atoms with van der Waals surface area (Å²) in [6.07, 6.45) is 4.25. The third-order valence-electron chi connectivity index (χ3n) is 1.57. The number of nitrogens with zero attached hydrogens (tertiary/aromatic N) is 2. The summed E-state index contributed by atoms with van der Waals surface area (Å²) < 4.78 is 0.874. The molecule has 0 unspecified atom stereocenters. The van der Waals surface area contributed by atoms with Gasteiger partial charge in [0.15, 0.2) is 6.07 Å². The highest BCUT2D eigenvalue weighted by atomic mass is 32.2. The molecule has 1 rings (SSSR count). The van der Waals surface area contributed by atoms with E-state index in [-0.39, 0.29) is 0 Å². The Morgan fingerprint density at radius 1 is 1.79 bits per heavy atom. The van der Waals surface area contributed by atoms with Gasteiger partial charge in [0.1, 0.15) is 10.4 Å². The molecule has 0 bridgehead atoms. The van der Waals surface area contributed by atoms with Crippen molar-refractivity contribution in [2.45, 2.75) is 25.5 Å². The first-order valence-electron chi connectivity index (χ1n) is 4.34. The van der Waals surface area contributed by atoms with E-state index >= 15 is 0 Å². The number of rotatable bonds is 2. The lowest BCUT2D eigenvalue weighted by atomic mass is 10.1. The van der Waals surface area contributed by atoms with Crippen LogP contribution in [0.2, 0.25) is 0 Å². The Morgan fingerprint density at radius 3 is 3.07 bits per heavy atom. The predicted molar refractivity (Wildman–Crippen MR) is 65.4 cm³/mol. The highest BCUT2D eigenvalue weighted by Gasteiger charge is 2.21. The monoisotopic (exact) mass is 223 g/mol. The van der Waals surface area contributed by atoms with Gasteiger partial charge in [-0.05, 0) is 0 Å². The second-order valence-corrected chi connectivity index (χ2v) is 5.39. The number of aliphatic imine (C=N–C) groups is 1. The van der Waals surface area contributed by atoms with Crippen LogP contribution >= 0.6 is 24.0 Å². The molecule has 0 aliphatic carbocycles. The van der Waals surface area contributed by atoms with E-state index in [9.17, 15) is 0 Å². The van der Waals surface area contributed by atoms with Crippen molar-refractivity contribution < 1.29 is 0 Å². The van der Waals surface area contributed by atoms with Crippen LogP contribution < -0.4 is 0 Å². The third kappa shape index (κ3) is 3.17. The average Bonchev–Trinajstić information content (AvgIpc) is 2.17. The third-order valence-corrected chi connectivity index (χ3v) is 3.07. The van der Waals surface area contributed by atoms with Crippen LogP contribution in [0.25, 0.3) is 0 Å². The van der Waals surface area contributed by atoms with Crippen molar-refractivity contribution >= 4 is 34.4 Å². The second kappa shape index (κ2) is 5.18. The fourth-order valence-corrected chi connectivity index (χ4v) is 2.44. The zero-order valence-corrected chi connectivity index (χ0v) is 9.78. The van der Waals surface area contributed by atoms with E-state index in [0.717, 1.165) is 16.2 Å². The van der Waals surface area contributed by atoms with Gasteiger partial charge in [-0.15, -0.1) is 4.99 Å². The van der Waals surface area contributed by atoms with Crippen molar-refractivity contribution in [1.82, 2.24) is 0 Å². The molecule has 72 valence electrons. The van der Waals surface area contributed by atoms with E-state index in [2.05, 4.69) is 18.8 Å². The van der Waals surface area contributed by atoms with Crippen molar-refractivity contribution in [2.75, 3.05) is 0 Å². The van der Waals surface area contributed by atoms with Gasteiger partial charge in [-0.3, -0.25) is 0 Å². The normalized spacial score (nSPS) is 15.3. The standard InChI is InChI=1S/C10H11N2S2/c1-7(2)14-10(13)8-3-4-12-9(5-8)6-11/h4-5,7H,3H2,1-2H3/q+1. The van der Waals surface area contributed by atoms with E-state index < -0.39 is 0 Å². The van der Waals surface area contributed by atoms with Crippen LogP contribution in [0.4, 0.5) is 0 Å². The number of nitriles is 1. The molecule has 1 aliphatic rings. The van der Waals surface area contributed by atoms with Crippen molar-refractivity contribution in [1.29, 1.82) is 5.26 Å². The van der Waals surface area contributed by atoms with E-state index in [0.29, 0.717) is 11.3 Å². The van der Waals surface area contributed by atoms with Gasteiger partial charge in [-0.25, -0.2) is 0 Å². The van der Waals surface area contributed by atoms with Gasteiger partial charge in [0.2, 0.25) is 6.04 Å². The molecule has 4 heteroatoms. The van der Waals surface area contributed by atoms with Gasteiger partial charge in [-0.2, -0.15) is 5.26 Å². The summed E-state index contributed by atoms with van der Waals surface area (Å²) in [6, 6.07) is 2.46. The number of dihydropyridines is 1. The number of hydrogen-bond donors (Lipinski definition) is 0. The first-order valence-corrected chi connectivity index (χ1v) is 5.63. The molecule has 0 fully saturated rings. The molecule has 0 radical (unpaired) electrons. The lowest BCUT2D eigenvalue weighted by Crippen LogP contribution is -2.05. The van der Waals surface area contributed by atoms with Crippen LogP contribution in [0, 0.1) is 17.4 Å². The van der Waals surface area contributed by atoms with Crippen molar-refractivity contribution in [3.8, 4) is 6.07 Å². The van der Waals surface area contributed by atoms with Crippen molar-refractivity contribution in [2.24, 2.45) is 4.99 Å². The first-order chi connectivity index (χ1) is 6.63. The molecule has 0 aromatic rings. The number of hydrogen-bond acceptors (Lipinski definition) is 4. The van der Waals surface area contributed by atoms with Crippen LogP contribution in [0.1, 0.15) is 20.3 Å². The zero-order valence-electron chi connectivity index (χ0n) is 8.15. The molecule has 0 amide bonds. The molecule has 0 aromatic heterocycles. The molecule has 0 N–H and O–H groups in total. The quantitative estimate of drug-likeness (QED) is 0.533. The Bertz CT molecular complexity index is 324. The number of thiocarbonyl (C=S) groups is 1. The zero-order chi connectivity index (χ0) is 10.6. The summed E-state index contributed by atoms with van der Waals surface area (Å²) in [7, 11) is 0. The minimum absolute atomic E-state index is 0.443. The minimum Gasteiger partial charge on any atom is -0.174 e. The summed E-state index contributed by atoms with van der Waals surface area (Å²) in [4.78, 5) is 3.94. The molecular weight excluding hydrogens is 212 g/mol. The van der Waals surface area contributed by atoms with Gasteiger partial charge in [0, 0.05) is 5.25 Å². The van der Waals surface area contributed by atoms with E-state index in [1.165, 1.54) is 0 Å². The Hall–Kier alpha value is -0.790. The lowest BCUT2D eigenvalue weighted by molar-refractivity contribution is 1.12. The molecule has 2 nitrogen and oxygen atoms in total. The van der Waals surface area contributed by atoms with Crippen molar-refractivity contribution in [3.63, 3.8) is 0 Å². The molecule has 0 aromatic carbocycles. The van der Waals surface area contributed by atoms with E-state index in [1.807, 2.05) is 6.07 Å². The summed E-state index contributed by atoms with van der Waals surface area (Å²) in [5, 5.41) is 9.16. The summed E-state index contributed by atoms with van der Waals surface area (Å²) in [5.74, 6) is 0. The topological polar surface area (TPSA) is 36.1 Å². The Balaban J connectivity index is 2.66. The molecule has 0 spiro atoms. The molecular formula is C10H11N2S2+. The molecule has 1 heterocycles. The van der Waals surface area contributed by atoms with E-state index in [4.69, 9.17) is 17.5 Å². The van der Waals surface area contributed by atoms with Crippen LogP contribution in [-0.2, 0) is 0 Å². The summed E-state index contributed by atoms with van der Waals surface area (Å²) in [5.41, 5.74) is 1.03. The highest BCUT2D eigenvalue weighted by molar-refractivity contribution is 8.24. The number of thioether (sulfide) groups is 1. The minimum atomic E-state index is 0.443. The molecule has 14 heavy (non-hydrogen) atoms. The SMILES string of the molecule is CC(C)SC(=S)C1=C[C+](C#N)N=CC1. The van der Waals surface area contributed by atoms with Crippen LogP contribution in [0.5, 0.6) is 0 Å². The predicted octanol–water partition coefficient (Wildman–Crippen LogP) is 2.91. The van der Waals surface area contributed by atoms with Crippen molar-refractivity contribution in [3.05, 3.63) is 17.7 Å². The van der Waals surface area contributed by atoms with Crippen LogP contribution in [0.3, 0.4) is 0 Å². The summed E-state index contributed by atoms with van der Waals surface area (Å²) >= 11 is 6.91. The summed E-state index contributed by atoms with van der Waals surface area (Å²) in [6.45, 7) is 4.20. The largest absolute Gasteiger partial charge is 0.248 e. The van der Waals surface area contributed by atoms with Gasteiger partial charge in [0.05, 0.1) is 18.1 Å². The molecule has 0 atom stereocenters. The Labute approximate surface area is 94.1 Å². The van der Waals surface area contributed by atoms with Gasteiger partial charge < -0.3 is 0 Å². The molecule has 0 saturated carbocycles. The van der Waals surface area contributed by atoms with Crippen LogP contribution in [-0.4, -0.2) is 15.7 Å². The van der Waals surface area contributed by atoms with E-state index in [1.54, 1.807) is 24.1 Å². The first kappa shape index (κ1) is 11.3. The maximum absolute atomic E-state index is 8.68. The Kier molecular flexibility index (Phi) is 4.18. The maximum Gasteiger partial charge on any atom is 0.248 e. The molecule has 0 saturated heterocycles. The van der Waals surface area contributed by atoms with Crippen LogP contribution in [0.15, 0.2) is 16.6 Å². The Morgan fingerprint density at radius 2 is 2.50 bits per heavy atom. The van der Waals surface area contributed by atoms with Gasteiger partial charge in [0.25, 0.3) is 0 Å². The lowest BCUT2D eigenvalue weighted by Gasteiger charge is -2.06. The highest BCUT2D eigenvalue weighted by Crippen LogP contribution is 2.24. The fraction of sp³-hybridized carbons (Fsp3) is 0.400. The average molecular weight is 223 g/mol. The van der Waals surface area contributed by atoms with Gasteiger partial charge >= 0.3 is 0 Å². The fourth-order valence-electron chi connectivity index (χ4n) is 0.997. The smallest absolute Gasteiger partial charge is 0.174 e. The van der Waals surface area contributed by atoms with Gasteiger partial charge in [-0.1, -0.05) is 37.8 Å². The molecule has 1 aliphatic heterocycles. The second-order valence-electron chi connectivity index (χ2n) is 3.14.